The van der Waals surface area contributed by atoms with Gasteiger partial charge in [0.15, 0.2) is 0 Å². The smallest absolute Gasteiger partial charge is 0.0326 e. The van der Waals surface area contributed by atoms with E-state index in [4.69, 9.17) is 0 Å². The van der Waals surface area contributed by atoms with Gasteiger partial charge in [-0.2, -0.15) is 0 Å². The first-order valence-electron chi connectivity index (χ1n) is 7.62. The van der Waals surface area contributed by atoms with E-state index >= 15 is 0 Å². The average molecular weight is 265 g/mol. The molecule has 0 saturated carbocycles. The van der Waals surface area contributed by atoms with Crippen LogP contribution in [0.25, 0.3) is 0 Å². The van der Waals surface area contributed by atoms with Gasteiger partial charge in [-0.1, -0.05) is 61.0 Å². The van der Waals surface area contributed by atoms with Crippen molar-refractivity contribution in [3.8, 4) is 0 Å². The fraction of sp³-hybridized carbons (Fsp3) is 0.368. The second-order valence-corrected chi connectivity index (χ2v) is 6.03. The molecule has 0 fully saturated rings. The van der Waals surface area contributed by atoms with Crippen molar-refractivity contribution in [3.05, 3.63) is 70.8 Å². The van der Waals surface area contributed by atoms with E-state index in [2.05, 4.69) is 67.7 Å². The monoisotopic (exact) mass is 265 g/mol. The van der Waals surface area contributed by atoms with Gasteiger partial charge in [0, 0.05) is 12.6 Å². The lowest BCUT2D eigenvalue weighted by molar-refractivity contribution is 0.431. The molecule has 0 bridgehead atoms. The molecule has 1 heteroatoms. The van der Waals surface area contributed by atoms with Gasteiger partial charge in [0.2, 0.25) is 0 Å². The number of aryl methyl sites for hydroxylation is 1. The van der Waals surface area contributed by atoms with Gasteiger partial charge in [-0.25, -0.2) is 0 Å². The van der Waals surface area contributed by atoms with E-state index in [1.165, 1.54) is 35.1 Å². The minimum atomic E-state index is 0.503. The second kappa shape index (κ2) is 5.80. The minimum absolute atomic E-state index is 0.503. The molecule has 1 N–H and O–H groups in total. The first kappa shape index (κ1) is 13.4. The van der Waals surface area contributed by atoms with Crippen molar-refractivity contribution in [2.24, 2.45) is 0 Å². The normalized spacial score (nSPS) is 21.5. The van der Waals surface area contributed by atoms with Crippen molar-refractivity contribution in [2.75, 3.05) is 0 Å². The Labute approximate surface area is 122 Å². The molecule has 0 amide bonds. The standard InChI is InChI=1S/C19H23N/c1-14-7-10-16(11-8-14)13-20-19-12-9-15(2)17-5-3-4-6-18(17)19/h3-8,10-11,15,19-20H,9,12-13H2,1-2H3. The molecule has 0 aromatic heterocycles. The largest absolute Gasteiger partial charge is 0.306 e. The van der Waals surface area contributed by atoms with Gasteiger partial charge in [-0.15, -0.1) is 0 Å². The third-order valence-corrected chi connectivity index (χ3v) is 4.46. The first-order valence-corrected chi connectivity index (χ1v) is 7.62. The zero-order valence-corrected chi connectivity index (χ0v) is 12.4. The van der Waals surface area contributed by atoms with Crippen molar-refractivity contribution in [2.45, 2.75) is 45.2 Å². The van der Waals surface area contributed by atoms with Gasteiger partial charge >= 0.3 is 0 Å². The Kier molecular flexibility index (Phi) is 3.88. The number of nitrogens with one attached hydrogen (secondary N) is 1. The van der Waals surface area contributed by atoms with Crippen molar-refractivity contribution in [1.82, 2.24) is 5.32 Å². The Morgan fingerprint density at radius 1 is 0.950 bits per heavy atom. The summed E-state index contributed by atoms with van der Waals surface area (Å²) in [5, 5.41) is 3.73. The Morgan fingerprint density at radius 3 is 2.40 bits per heavy atom. The zero-order valence-electron chi connectivity index (χ0n) is 12.4. The number of rotatable bonds is 3. The van der Waals surface area contributed by atoms with E-state index in [1.54, 1.807) is 0 Å². The van der Waals surface area contributed by atoms with Crippen LogP contribution in [0.1, 0.15) is 54.0 Å². The molecule has 2 unspecified atom stereocenters. The number of benzene rings is 2. The average Bonchev–Trinajstić information content (AvgIpc) is 2.49. The molecular formula is C19H23N. The highest BCUT2D eigenvalue weighted by atomic mass is 14.9. The molecule has 1 aliphatic rings. The van der Waals surface area contributed by atoms with Crippen LogP contribution >= 0.6 is 0 Å². The maximum absolute atomic E-state index is 3.73. The van der Waals surface area contributed by atoms with Crippen LogP contribution in [0.4, 0.5) is 0 Å². The van der Waals surface area contributed by atoms with Crippen LogP contribution in [0.5, 0.6) is 0 Å². The second-order valence-electron chi connectivity index (χ2n) is 6.03. The van der Waals surface area contributed by atoms with E-state index in [9.17, 15) is 0 Å². The molecule has 2 aromatic carbocycles. The highest BCUT2D eigenvalue weighted by molar-refractivity contribution is 5.35. The molecule has 1 nitrogen and oxygen atoms in total. The van der Waals surface area contributed by atoms with Crippen LogP contribution in [0.15, 0.2) is 48.5 Å². The summed E-state index contributed by atoms with van der Waals surface area (Å²) < 4.78 is 0. The van der Waals surface area contributed by atoms with Gasteiger partial charge in [0.1, 0.15) is 0 Å². The number of hydrogen-bond acceptors (Lipinski definition) is 1. The van der Waals surface area contributed by atoms with Crippen molar-refractivity contribution in [3.63, 3.8) is 0 Å². The van der Waals surface area contributed by atoms with E-state index in [-0.39, 0.29) is 0 Å². The third kappa shape index (κ3) is 2.78. The molecular weight excluding hydrogens is 242 g/mol. The highest BCUT2D eigenvalue weighted by Crippen LogP contribution is 2.37. The Balaban J connectivity index is 1.72. The third-order valence-electron chi connectivity index (χ3n) is 4.46. The van der Waals surface area contributed by atoms with Crippen molar-refractivity contribution >= 4 is 0 Å². The number of hydrogen-bond donors (Lipinski definition) is 1. The molecule has 2 aromatic rings. The molecule has 0 saturated heterocycles. The molecule has 0 aliphatic heterocycles. The maximum atomic E-state index is 3.73. The molecule has 2 atom stereocenters. The topological polar surface area (TPSA) is 12.0 Å². The summed E-state index contributed by atoms with van der Waals surface area (Å²) in [4.78, 5) is 0. The quantitative estimate of drug-likeness (QED) is 0.846. The molecule has 3 rings (SSSR count). The van der Waals surface area contributed by atoms with Crippen LogP contribution in [0.3, 0.4) is 0 Å². The van der Waals surface area contributed by atoms with E-state index in [1.807, 2.05) is 0 Å². The molecule has 1 aliphatic carbocycles. The highest BCUT2D eigenvalue weighted by Gasteiger charge is 2.23. The van der Waals surface area contributed by atoms with Gasteiger partial charge in [0.05, 0.1) is 0 Å². The molecule has 0 spiro atoms. The first-order chi connectivity index (χ1) is 9.74. The summed E-state index contributed by atoms with van der Waals surface area (Å²) >= 11 is 0. The summed E-state index contributed by atoms with van der Waals surface area (Å²) in [6.45, 7) is 5.43. The molecule has 104 valence electrons. The van der Waals surface area contributed by atoms with Gasteiger partial charge in [-0.05, 0) is 42.4 Å². The van der Waals surface area contributed by atoms with E-state index in [0.29, 0.717) is 12.0 Å². The van der Waals surface area contributed by atoms with Crippen LogP contribution in [0.2, 0.25) is 0 Å². The van der Waals surface area contributed by atoms with Crippen LogP contribution in [-0.4, -0.2) is 0 Å². The molecule has 0 heterocycles. The summed E-state index contributed by atoms with van der Waals surface area (Å²) in [7, 11) is 0. The Bertz CT molecular complexity index is 571. The molecule has 0 radical (unpaired) electrons. The summed E-state index contributed by atoms with van der Waals surface area (Å²) in [6.07, 6.45) is 2.52. The SMILES string of the molecule is Cc1ccc(CNC2CCC(C)c3ccccc32)cc1. The predicted molar refractivity (Wildman–Crippen MR) is 84.9 cm³/mol. The number of fused-ring (bicyclic) bond motifs is 1. The summed E-state index contributed by atoms with van der Waals surface area (Å²) in [5.41, 5.74) is 5.72. The summed E-state index contributed by atoms with van der Waals surface area (Å²) in [5.74, 6) is 0.698. The van der Waals surface area contributed by atoms with Gasteiger partial charge in [-0.3, -0.25) is 0 Å². The van der Waals surface area contributed by atoms with Crippen LogP contribution in [0, 0.1) is 6.92 Å². The Hall–Kier alpha value is -1.60. The zero-order chi connectivity index (χ0) is 13.9. The molecule has 20 heavy (non-hydrogen) atoms. The fourth-order valence-corrected chi connectivity index (χ4v) is 3.16. The lowest BCUT2D eigenvalue weighted by atomic mass is 9.81. The Morgan fingerprint density at radius 2 is 1.65 bits per heavy atom. The van der Waals surface area contributed by atoms with E-state index < -0.39 is 0 Å². The van der Waals surface area contributed by atoms with Gasteiger partial charge in [0.25, 0.3) is 0 Å². The predicted octanol–water partition coefficient (Wildman–Crippen LogP) is 4.72. The fourth-order valence-electron chi connectivity index (χ4n) is 3.16. The lowest BCUT2D eigenvalue weighted by Crippen LogP contribution is -2.25. The van der Waals surface area contributed by atoms with E-state index in [0.717, 1.165) is 6.54 Å². The van der Waals surface area contributed by atoms with Gasteiger partial charge < -0.3 is 5.32 Å². The summed E-state index contributed by atoms with van der Waals surface area (Å²) in [6, 6.07) is 18.2. The van der Waals surface area contributed by atoms with Crippen molar-refractivity contribution < 1.29 is 0 Å². The lowest BCUT2D eigenvalue weighted by Gasteiger charge is -2.30. The van der Waals surface area contributed by atoms with Crippen molar-refractivity contribution in [1.29, 1.82) is 0 Å². The maximum Gasteiger partial charge on any atom is 0.0326 e. The van der Waals surface area contributed by atoms with Crippen LogP contribution in [-0.2, 0) is 6.54 Å². The van der Waals surface area contributed by atoms with Crippen LogP contribution < -0.4 is 5.32 Å². The minimum Gasteiger partial charge on any atom is -0.306 e.